The molecular formula is C14H18FNOS. The van der Waals surface area contributed by atoms with Gasteiger partial charge >= 0.3 is 0 Å². The number of nitrogens with one attached hydrogen (secondary N) is 1. The number of allylic oxidation sites excluding steroid dienone is 1. The third kappa shape index (κ3) is 3.75. The van der Waals surface area contributed by atoms with Crippen LogP contribution in [0.2, 0.25) is 0 Å². The lowest BCUT2D eigenvalue weighted by molar-refractivity contribution is 0.173. The van der Waals surface area contributed by atoms with E-state index in [-0.39, 0.29) is 11.9 Å². The molecule has 0 amide bonds. The zero-order valence-corrected chi connectivity index (χ0v) is 11.3. The molecule has 1 aliphatic heterocycles. The van der Waals surface area contributed by atoms with Crippen LogP contribution < -0.4 is 5.32 Å². The average Bonchev–Trinajstić information content (AvgIpc) is 2.41. The van der Waals surface area contributed by atoms with E-state index in [2.05, 4.69) is 11.4 Å². The Kier molecular flexibility index (Phi) is 5.08. The number of hydrogen-bond donors (Lipinski definition) is 1. The van der Waals surface area contributed by atoms with E-state index in [1.165, 1.54) is 6.07 Å². The predicted octanol–water partition coefficient (Wildman–Crippen LogP) is 3.20. The van der Waals surface area contributed by atoms with E-state index in [0.717, 1.165) is 35.9 Å². The lowest BCUT2D eigenvalue weighted by Crippen LogP contribution is -2.32. The summed E-state index contributed by atoms with van der Waals surface area (Å²) in [7, 11) is 1.93. The molecule has 4 heteroatoms. The maximum Gasteiger partial charge on any atom is 0.124 e. The molecule has 0 saturated heterocycles. The summed E-state index contributed by atoms with van der Waals surface area (Å²) in [5.41, 5.74) is 0. The fraction of sp³-hybridized carbons (Fsp3) is 0.429. The van der Waals surface area contributed by atoms with Gasteiger partial charge in [0.1, 0.15) is 11.6 Å². The standard InChI is InChI=1S/C14H18FNOS/c1-16-13(14-7-2-3-8-17-14)10-18-12-6-4-5-11(15)9-12/h4-7,9,13,16H,2-3,8,10H2,1H3. The minimum atomic E-state index is -0.186. The Morgan fingerprint density at radius 3 is 3.06 bits per heavy atom. The van der Waals surface area contributed by atoms with Gasteiger partial charge < -0.3 is 10.1 Å². The highest BCUT2D eigenvalue weighted by atomic mass is 32.2. The number of thioether (sulfide) groups is 1. The summed E-state index contributed by atoms with van der Waals surface area (Å²) < 4.78 is 18.7. The molecule has 1 N–H and O–H groups in total. The van der Waals surface area contributed by atoms with Crippen LogP contribution in [0.1, 0.15) is 12.8 Å². The van der Waals surface area contributed by atoms with Gasteiger partial charge in [0.05, 0.1) is 12.6 Å². The van der Waals surface area contributed by atoms with Crippen LogP contribution in [0.25, 0.3) is 0 Å². The van der Waals surface area contributed by atoms with Crippen molar-refractivity contribution in [1.82, 2.24) is 5.32 Å². The number of rotatable bonds is 5. The van der Waals surface area contributed by atoms with E-state index in [4.69, 9.17) is 4.74 Å². The summed E-state index contributed by atoms with van der Waals surface area (Å²) in [6.07, 6.45) is 4.33. The van der Waals surface area contributed by atoms with E-state index >= 15 is 0 Å². The summed E-state index contributed by atoms with van der Waals surface area (Å²) in [5, 5.41) is 3.25. The van der Waals surface area contributed by atoms with Crippen LogP contribution in [-0.4, -0.2) is 25.4 Å². The molecule has 0 bridgehead atoms. The first kappa shape index (κ1) is 13.4. The molecule has 1 aromatic rings. The van der Waals surface area contributed by atoms with Crippen LogP contribution in [0.5, 0.6) is 0 Å². The van der Waals surface area contributed by atoms with Crippen molar-refractivity contribution in [3.05, 3.63) is 41.9 Å². The molecule has 1 unspecified atom stereocenters. The van der Waals surface area contributed by atoms with Gasteiger partial charge in [-0.25, -0.2) is 4.39 Å². The molecule has 1 atom stereocenters. The molecule has 0 radical (unpaired) electrons. The number of benzene rings is 1. The van der Waals surface area contributed by atoms with E-state index in [0.29, 0.717) is 0 Å². The van der Waals surface area contributed by atoms with Crippen molar-refractivity contribution >= 4 is 11.8 Å². The van der Waals surface area contributed by atoms with Crippen LogP contribution in [0.15, 0.2) is 41.0 Å². The van der Waals surface area contributed by atoms with Crippen molar-refractivity contribution < 1.29 is 9.13 Å². The maximum atomic E-state index is 13.1. The van der Waals surface area contributed by atoms with Gasteiger partial charge in [0, 0.05) is 10.6 Å². The number of likely N-dealkylation sites (N-methyl/N-ethyl adjacent to an activating group) is 1. The first-order valence-electron chi connectivity index (χ1n) is 6.18. The lowest BCUT2D eigenvalue weighted by Gasteiger charge is -2.23. The molecule has 2 rings (SSSR count). The topological polar surface area (TPSA) is 21.3 Å². The van der Waals surface area contributed by atoms with Crippen molar-refractivity contribution in [2.24, 2.45) is 0 Å². The summed E-state index contributed by atoms with van der Waals surface area (Å²) >= 11 is 1.64. The molecule has 1 heterocycles. The Morgan fingerprint density at radius 1 is 1.50 bits per heavy atom. The van der Waals surface area contributed by atoms with Gasteiger partial charge in [-0.15, -0.1) is 11.8 Å². The number of hydrogen-bond acceptors (Lipinski definition) is 3. The summed E-state index contributed by atoms with van der Waals surface area (Å²) in [6, 6.07) is 6.89. The van der Waals surface area contributed by atoms with Gasteiger partial charge in [-0.2, -0.15) is 0 Å². The molecule has 98 valence electrons. The van der Waals surface area contributed by atoms with Crippen molar-refractivity contribution in [3.8, 4) is 0 Å². The molecule has 0 saturated carbocycles. The first-order chi connectivity index (χ1) is 8.79. The zero-order chi connectivity index (χ0) is 12.8. The minimum Gasteiger partial charge on any atom is -0.497 e. The normalized spacial score (nSPS) is 16.9. The molecule has 1 aliphatic rings. The molecule has 0 aliphatic carbocycles. The van der Waals surface area contributed by atoms with Gasteiger partial charge in [-0.1, -0.05) is 6.07 Å². The van der Waals surface area contributed by atoms with Gasteiger partial charge in [-0.05, 0) is 44.2 Å². The first-order valence-corrected chi connectivity index (χ1v) is 7.16. The van der Waals surface area contributed by atoms with Gasteiger partial charge in [0.25, 0.3) is 0 Å². The highest BCUT2D eigenvalue weighted by Gasteiger charge is 2.16. The van der Waals surface area contributed by atoms with Crippen LogP contribution in [0.4, 0.5) is 4.39 Å². The Labute approximate surface area is 112 Å². The Balaban J connectivity index is 1.92. The van der Waals surface area contributed by atoms with E-state index in [9.17, 15) is 4.39 Å². The molecule has 1 aromatic carbocycles. The summed E-state index contributed by atoms with van der Waals surface area (Å²) in [4.78, 5) is 0.951. The second-order valence-corrected chi connectivity index (χ2v) is 5.30. The molecular weight excluding hydrogens is 249 g/mol. The van der Waals surface area contributed by atoms with Crippen molar-refractivity contribution in [1.29, 1.82) is 0 Å². The van der Waals surface area contributed by atoms with E-state index in [1.54, 1.807) is 23.9 Å². The molecule has 2 nitrogen and oxygen atoms in total. The maximum absolute atomic E-state index is 13.1. The molecule has 0 spiro atoms. The average molecular weight is 267 g/mol. The SMILES string of the molecule is CNC(CSc1cccc(F)c1)C1=CCCCO1. The molecule has 0 fully saturated rings. The quantitative estimate of drug-likeness (QED) is 0.828. The predicted molar refractivity (Wildman–Crippen MR) is 73.2 cm³/mol. The smallest absolute Gasteiger partial charge is 0.124 e. The minimum absolute atomic E-state index is 0.186. The fourth-order valence-electron chi connectivity index (χ4n) is 1.86. The van der Waals surface area contributed by atoms with E-state index < -0.39 is 0 Å². The lowest BCUT2D eigenvalue weighted by atomic mass is 10.2. The summed E-state index contributed by atoms with van der Waals surface area (Å²) in [6.45, 7) is 0.800. The van der Waals surface area contributed by atoms with Crippen molar-refractivity contribution in [2.45, 2.75) is 23.8 Å². The zero-order valence-electron chi connectivity index (χ0n) is 10.5. The highest BCUT2D eigenvalue weighted by molar-refractivity contribution is 7.99. The Hall–Kier alpha value is -1.00. The second kappa shape index (κ2) is 6.81. The molecule has 18 heavy (non-hydrogen) atoms. The third-order valence-electron chi connectivity index (χ3n) is 2.87. The summed E-state index contributed by atoms with van der Waals surface area (Å²) in [5.74, 6) is 1.67. The largest absolute Gasteiger partial charge is 0.497 e. The van der Waals surface area contributed by atoms with E-state index in [1.807, 2.05) is 13.1 Å². The van der Waals surface area contributed by atoms with Gasteiger partial charge in [-0.3, -0.25) is 0 Å². The number of ether oxygens (including phenoxy) is 1. The highest BCUT2D eigenvalue weighted by Crippen LogP contribution is 2.23. The Morgan fingerprint density at radius 2 is 2.39 bits per heavy atom. The van der Waals surface area contributed by atoms with Crippen molar-refractivity contribution in [2.75, 3.05) is 19.4 Å². The fourth-order valence-corrected chi connectivity index (χ4v) is 2.92. The van der Waals surface area contributed by atoms with Gasteiger partial charge in [0.2, 0.25) is 0 Å². The second-order valence-electron chi connectivity index (χ2n) is 4.21. The molecule has 0 aromatic heterocycles. The van der Waals surface area contributed by atoms with Crippen LogP contribution in [-0.2, 0) is 4.74 Å². The third-order valence-corrected chi connectivity index (χ3v) is 3.95. The van der Waals surface area contributed by atoms with Crippen LogP contribution in [0, 0.1) is 5.82 Å². The van der Waals surface area contributed by atoms with Crippen molar-refractivity contribution in [3.63, 3.8) is 0 Å². The van der Waals surface area contributed by atoms with Crippen LogP contribution in [0.3, 0.4) is 0 Å². The van der Waals surface area contributed by atoms with Crippen LogP contribution >= 0.6 is 11.8 Å². The van der Waals surface area contributed by atoms with Gasteiger partial charge in [0.15, 0.2) is 0 Å². The monoisotopic (exact) mass is 267 g/mol. The number of halogens is 1. The Bertz CT molecular complexity index is 422.